The SMILES string of the molecule is COc1ccc(C[n+]2ccc3c(c2)NC(=O)c2ccccc2S3(=O)=O)cc1.[Cl-]. The normalized spacial score (nSPS) is 14.0. The fourth-order valence-electron chi connectivity index (χ4n) is 3.09. The summed E-state index contributed by atoms with van der Waals surface area (Å²) in [5.41, 5.74) is 1.44. The molecule has 3 aromatic rings. The van der Waals surface area contributed by atoms with Crippen molar-refractivity contribution in [3.8, 4) is 5.75 Å². The van der Waals surface area contributed by atoms with Gasteiger partial charge in [-0.15, -0.1) is 0 Å². The quantitative estimate of drug-likeness (QED) is 0.580. The van der Waals surface area contributed by atoms with Gasteiger partial charge in [0.1, 0.15) is 16.3 Å². The van der Waals surface area contributed by atoms with Gasteiger partial charge in [0.05, 0.1) is 17.6 Å². The Kier molecular flexibility index (Phi) is 5.40. The average Bonchev–Trinajstić information content (AvgIpc) is 2.76. The Balaban J connectivity index is 0.00000225. The van der Waals surface area contributed by atoms with Crippen LogP contribution in [-0.4, -0.2) is 21.4 Å². The van der Waals surface area contributed by atoms with Gasteiger partial charge in [0, 0.05) is 11.6 Å². The summed E-state index contributed by atoms with van der Waals surface area (Å²) in [5, 5.41) is 2.72. The van der Waals surface area contributed by atoms with Gasteiger partial charge in [-0.2, -0.15) is 4.57 Å². The van der Waals surface area contributed by atoms with Gasteiger partial charge in [-0.3, -0.25) is 4.79 Å². The highest BCUT2D eigenvalue weighted by Gasteiger charge is 2.32. The molecule has 1 N–H and O–H groups in total. The number of hydrogen-bond acceptors (Lipinski definition) is 4. The lowest BCUT2D eigenvalue weighted by atomic mass is 10.2. The van der Waals surface area contributed by atoms with E-state index in [1.54, 1.807) is 31.6 Å². The third kappa shape index (κ3) is 3.46. The predicted octanol–water partition coefficient (Wildman–Crippen LogP) is -0.566. The fraction of sp³-hybridized carbons (Fsp3) is 0.100. The number of pyridine rings is 1. The lowest BCUT2D eigenvalue weighted by Crippen LogP contribution is -3.00. The Hall–Kier alpha value is -2.90. The standard InChI is InChI=1S/C20H16N2O4S.ClH/c1-26-15-8-6-14(7-9-15)12-22-11-10-19-17(13-22)21-20(23)16-4-2-3-5-18(16)27(19,24)25;/h2-11,13H,12H2,1H3;1H. The summed E-state index contributed by atoms with van der Waals surface area (Å²) in [6.45, 7) is 0.528. The van der Waals surface area contributed by atoms with Crippen LogP contribution in [0.25, 0.3) is 0 Å². The van der Waals surface area contributed by atoms with Crippen LogP contribution in [0.5, 0.6) is 5.75 Å². The van der Waals surface area contributed by atoms with Gasteiger partial charge in [0.25, 0.3) is 5.91 Å². The smallest absolute Gasteiger partial charge is 0.257 e. The Morgan fingerprint density at radius 2 is 1.71 bits per heavy atom. The van der Waals surface area contributed by atoms with Crippen LogP contribution in [0, 0.1) is 0 Å². The lowest BCUT2D eigenvalue weighted by molar-refractivity contribution is -0.688. The highest BCUT2D eigenvalue weighted by atomic mass is 35.5. The maximum Gasteiger partial charge on any atom is 0.257 e. The first-order chi connectivity index (χ1) is 13.0. The summed E-state index contributed by atoms with van der Waals surface area (Å²) < 4.78 is 32.9. The Labute approximate surface area is 169 Å². The fourth-order valence-corrected chi connectivity index (χ4v) is 4.67. The van der Waals surface area contributed by atoms with E-state index in [1.807, 2.05) is 28.8 Å². The molecule has 1 aliphatic rings. The second-order valence-electron chi connectivity index (χ2n) is 6.20. The molecule has 1 aliphatic heterocycles. The summed E-state index contributed by atoms with van der Waals surface area (Å²) in [7, 11) is -2.17. The molecule has 0 aliphatic carbocycles. The topological polar surface area (TPSA) is 76.3 Å². The molecule has 8 heteroatoms. The van der Waals surface area contributed by atoms with Crippen molar-refractivity contribution in [2.75, 3.05) is 12.4 Å². The number of sulfone groups is 1. The van der Waals surface area contributed by atoms with Crippen molar-refractivity contribution in [1.29, 1.82) is 0 Å². The molecular formula is C20H17ClN2O4S. The van der Waals surface area contributed by atoms with Crippen molar-refractivity contribution >= 4 is 21.4 Å². The number of carbonyl (C=O) groups is 1. The zero-order valence-corrected chi connectivity index (χ0v) is 16.5. The molecule has 6 nitrogen and oxygen atoms in total. The van der Waals surface area contributed by atoms with Crippen molar-refractivity contribution < 1.29 is 34.9 Å². The van der Waals surface area contributed by atoms with Crippen molar-refractivity contribution in [3.63, 3.8) is 0 Å². The number of anilines is 1. The molecule has 1 aromatic heterocycles. The molecule has 144 valence electrons. The van der Waals surface area contributed by atoms with Crippen molar-refractivity contribution in [3.05, 3.63) is 78.1 Å². The molecule has 0 saturated carbocycles. The van der Waals surface area contributed by atoms with Gasteiger partial charge < -0.3 is 22.5 Å². The number of carbonyl (C=O) groups excluding carboxylic acids is 1. The van der Waals surface area contributed by atoms with Gasteiger partial charge in [-0.05, 0) is 36.4 Å². The Bertz CT molecular complexity index is 1150. The molecule has 0 atom stereocenters. The average molecular weight is 417 g/mol. The van der Waals surface area contributed by atoms with Crippen LogP contribution in [0.4, 0.5) is 5.69 Å². The van der Waals surface area contributed by atoms with Crippen LogP contribution in [-0.2, 0) is 16.4 Å². The van der Waals surface area contributed by atoms with E-state index in [4.69, 9.17) is 4.74 Å². The molecular weight excluding hydrogens is 400 g/mol. The third-order valence-electron chi connectivity index (χ3n) is 4.46. The highest BCUT2D eigenvalue weighted by molar-refractivity contribution is 7.91. The summed E-state index contributed by atoms with van der Waals surface area (Å²) in [4.78, 5) is 12.6. The van der Waals surface area contributed by atoms with Gasteiger partial charge in [0.15, 0.2) is 18.9 Å². The monoisotopic (exact) mass is 416 g/mol. The van der Waals surface area contributed by atoms with Crippen LogP contribution in [0.15, 0.2) is 76.8 Å². The third-order valence-corrected chi connectivity index (χ3v) is 6.33. The van der Waals surface area contributed by atoms with Crippen LogP contribution in [0.3, 0.4) is 0 Å². The number of aromatic nitrogens is 1. The number of rotatable bonds is 3. The largest absolute Gasteiger partial charge is 1.00 e. The summed E-state index contributed by atoms with van der Waals surface area (Å²) >= 11 is 0. The zero-order valence-electron chi connectivity index (χ0n) is 14.9. The van der Waals surface area contributed by atoms with E-state index in [0.717, 1.165) is 11.3 Å². The number of nitrogens with one attached hydrogen (secondary N) is 1. The van der Waals surface area contributed by atoms with Crippen LogP contribution >= 0.6 is 0 Å². The summed E-state index contributed by atoms with van der Waals surface area (Å²) in [5.74, 6) is 0.330. The predicted molar refractivity (Wildman–Crippen MR) is 98.6 cm³/mol. The van der Waals surface area contributed by atoms with E-state index < -0.39 is 15.7 Å². The summed E-state index contributed by atoms with van der Waals surface area (Å²) in [6, 6.07) is 15.3. The number of nitrogens with zero attached hydrogens (tertiary/aromatic N) is 1. The Morgan fingerprint density at radius 1 is 1.00 bits per heavy atom. The molecule has 0 saturated heterocycles. The van der Waals surface area contributed by atoms with Gasteiger partial charge in [-0.25, -0.2) is 8.42 Å². The molecule has 1 amide bonds. The first-order valence-electron chi connectivity index (χ1n) is 8.30. The maximum atomic E-state index is 13.0. The second-order valence-corrected chi connectivity index (χ2v) is 8.08. The first kappa shape index (κ1) is 19.9. The van der Waals surface area contributed by atoms with E-state index in [-0.39, 0.29) is 33.4 Å². The van der Waals surface area contributed by atoms with Crippen molar-refractivity contribution in [2.45, 2.75) is 16.3 Å². The molecule has 28 heavy (non-hydrogen) atoms. The highest BCUT2D eigenvalue weighted by Crippen LogP contribution is 2.32. The number of hydrogen-bond donors (Lipinski definition) is 1. The summed E-state index contributed by atoms with van der Waals surface area (Å²) in [6.07, 6.45) is 3.33. The molecule has 0 bridgehead atoms. The number of amides is 1. The number of ether oxygens (including phenoxy) is 1. The minimum absolute atomic E-state index is 0. The van der Waals surface area contributed by atoms with E-state index in [1.165, 1.54) is 18.2 Å². The Morgan fingerprint density at radius 3 is 2.43 bits per heavy atom. The number of benzene rings is 2. The first-order valence-corrected chi connectivity index (χ1v) is 9.79. The molecule has 0 unspecified atom stereocenters. The van der Waals surface area contributed by atoms with Crippen LogP contribution < -0.4 is 27.0 Å². The molecule has 0 fully saturated rings. The molecule has 0 spiro atoms. The minimum Gasteiger partial charge on any atom is -1.00 e. The van der Waals surface area contributed by atoms with Crippen LogP contribution in [0.1, 0.15) is 15.9 Å². The lowest BCUT2D eigenvalue weighted by Gasteiger charge is -2.06. The molecule has 2 aromatic carbocycles. The van der Waals surface area contributed by atoms with E-state index >= 15 is 0 Å². The molecule has 0 radical (unpaired) electrons. The maximum absolute atomic E-state index is 13.0. The van der Waals surface area contributed by atoms with Gasteiger partial charge >= 0.3 is 0 Å². The number of methoxy groups -OCH3 is 1. The van der Waals surface area contributed by atoms with E-state index in [2.05, 4.69) is 5.32 Å². The molecule has 4 rings (SSSR count). The van der Waals surface area contributed by atoms with E-state index in [9.17, 15) is 13.2 Å². The van der Waals surface area contributed by atoms with Crippen molar-refractivity contribution in [1.82, 2.24) is 0 Å². The van der Waals surface area contributed by atoms with Gasteiger partial charge in [0.2, 0.25) is 9.84 Å². The van der Waals surface area contributed by atoms with Crippen LogP contribution in [0.2, 0.25) is 0 Å². The van der Waals surface area contributed by atoms with Crippen molar-refractivity contribution in [2.24, 2.45) is 0 Å². The second kappa shape index (κ2) is 7.61. The zero-order chi connectivity index (χ0) is 19.0. The number of halogens is 1. The molecule has 2 heterocycles. The van der Waals surface area contributed by atoms with Gasteiger partial charge in [-0.1, -0.05) is 12.1 Å². The number of fused-ring (bicyclic) bond motifs is 2. The van der Waals surface area contributed by atoms with E-state index in [0.29, 0.717) is 6.54 Å². The minimum atomic E-state index is -3.78.